The predicted molar refractivity (Wildman–Crippen MR) is 68.8 cm³/mol. The van der Waals surface area contributed by atoms with Crippen molar-refractivity contribution in [2.75, 3.05) is 6.54 Å². The minimum absolute atomic E-state index is 0.228. The maximum absolute atomic E-state index is 13.5. The Bertz CT molecular complexity index is 465. The minimum atomic E-state index is -0.228. The van der Waals surface area contributed by atoms with E-state index in [9.17, 15) is 4.39 Å². The lowest BCUT2D eigenvalue weighted by molar-refractivity contribution is -0.671. The van der Waals surface area contributed by atoms with Gasteiger partial charge in [-0.2, -0.15) is 0 Å². The Morgan fingerprint density at radius 3 is 3.00 bits per heavy atom. The molecule has 0 atom stereocenters. The fourth-order valence-electron chi connectivity index (χ4n) is 1.81. The minimum Gasteiger partial charge on any atom is -0.342 e. The van der Waals surface area contributed by atoms with Crippen LogP contribution in [0.25, 0.3) is 0 Å². The van der Waals surface area contributed by atoms with Crippen molar-refractivity contribution in [1.82, 2.24) is 9.55 Å². The monoisotopic (exact) mass is 268 g/mol. The summed E-state index contributed by atoms with van der Waals surface area (Å²) in [6.45, 7) is 2.44. The van der Waals surface area contributed by atoms with Crippen LogP contribution in [-0.2, 0) is 13.1 Å². The maximum Gasteiger partial charge on any atom is 0.133 e. The van der Waals surface area contributed by atoms with Crippen molar-refractivity contribution in [2.45, 2.75) is 19.5 Å². The molecule has 5 heteroatoms. The lowest BCUT2D eigenvalue weighted by atomic mass is 10.2. The summed E-state index contributed by atoms with van der Waals surface area (Å²) in [6.07, 6.45) is 6.52. The first-order valence-corrected chi connectivity index (χ1v) is 6.35. The van der Waals surface area contributed by atoms with Crippen LogP contribution < -0.4 is 5.32 Å². The third-order valence-electron chi connectivity index (χ3n) is 2.79. The molecule has 2 N–H and O–H groups in total. The molecule has 0 fully saturated rings. The van der Waals surface area contributed by atoms with E-state index >= 15 is 0 Å². The second kappa shape index (κ2) is 6.52. The molecule has 0 saturated heterocycles. The van der Waals surface area contributed by atoms with Gasteiger partial charge in [-0.15, -0.1) is 0 Å². The van der Waals surface area contributed by atoms with E-state index in [1.54, 1.807) is 24.7 Å². The van der Waals surface area contributed by atoms with Crippen LogP contribution in [-0.4, -0.2) is 16.1 Å². The topological polar surface area (TPSA) is 34.4 Å². The molecule has 96 valence electrons. The summed E-state index contributed by atoms with van der Waals surface area (Å²) in [4.78, 5) is 3.98. The summed E-state index contributed by atoms with van der Waals surface area (Å²) in [7, 11) is 0. The molecule has 1 aromatic carbocycles. The van der Waals surface area contributed by atoms with Crippen LogP contribution in [0.2, 0.25) is 5.02 Å². The van der Waals surface area contributed by atoms with Crippen LogP contribution in [0.5, 0.6) is 0 Å². The van der Waals surface area contributed by atoms with E-state index in [0.29, 0.717) is 17.1 Å². The van der Waals surface area contributed by atoms with E-state index in [0.717, 1.165) is 19.5 Å². The molecule has 1 heterocycles. The Morgan fingerprint density at radius 2 is 2.28 bits per heavy atom. The molecule has 0 radical (unpaired) electrons. The van der Waals surface area contributed by atoms with Crippen molar-refractivity contribution >= 4 is 11.6 Å². The number of aryl methyl sites for hydroxylation is 1. The van der Waals surface area contributed by atoms with E-state index in [1.807, 2.05) is 10.8 Å². The highest BCUT2D eigenvalue weighted by atomic mass is 35.5. The Labute approximate surface area is 111 Å². The molecular formula is C13H16ClFN3+. The van der Waals surface area contributed by atoms with Crippen molar-refractivity contribution in [1.29, 1.82) is 0 Å². The van der Waals surface area contributed by atoms with Crippen LogP contribution in [0.3, 0.4) is 0 Å². The molecule has 1 aromatic heterocycles. The molecule has 0 bridgehead atoms. The van der Waals surface area contributed by atoms with Crippen molar-refractivity contribution in [3.63, 3.8) is 0 Å². The van der Waals surface area contributed by atoms with Crippen molar-refractivity contribution in [3.8, 4) is 0 Å². The van der Waals surface area contributed by atoms with E-state index in [-0.39, 0.29) is 5.82 Å². The van der Waals surface area contributed by atoms with Gasteiger partial charge in [-0.3, -0.25) is 0 Å². The van der Waals surface area contributed by atoms with E-state index in [2.05, 4.69) is 10.3 Å². The van der Waals surface area contributed by atoms with Crippen LogP contribution in [0.4, 0.5) is 4.39 Å². The zero-order chi connectivity index (χ0) is 12.8. The van der Waals surface area contributed by atoms with Crippen LogP contribution in [0.15, 0.2) is 36.9 Å². The average Bonchev–Trinajstić information content (AvgIpc) is 2.85. The summed E-state index contributed by atoms with van der Waals surface area (Å²) in [5, 5.41) is 2.57. The quantitative estimate of drug-likeness (QED) is 0.797. The van der Waals surface area contributed by atoms with Gasteiger partial charge in [-0.1, -0.05) is 17.7 Å². The van der Waals surface area contributed by atoms with Crippen molar-refractivity contribution < 1.29 is 9.71 Å². The fraction of sp³-hybridized carbons (Fsp3) is 0.308. The van der Waals surface area contributed by atoms with Crippen molar-refractivity contribution in [2.24, 2.45) is 0 Å². The Balaban J connectivity index is 1.72. The van der Waals surface area contributed by atoms with Gasteiger partial charge in [0.15, 0.2) is 0 Å². The summed E-state index contributed by atoms with van der Waals surface area (Å²) >= 11 is 5.95. The third-order valence-corrected chi connectivity index (χ3v) is 3.15. The van der Waals surface area contributed by atoms with Crippen LogP contribution in [0, 0.1) is 5.82 Å². The molecule has 0 spiro atoms. The third kappa shape index (κ3) is 3.55. The largest absolute Gasteiger partial charge is 0.342 e. The zero-order valence-electron chi connectivity index (χ0n) is 10.0. The number of quaternary nitrogens is 1. The number of imidazole rings is 1. The molecule has 0 aliphatic rings. The fourth-order valence-corrected chi connectivity index (χ4v) is 2.05. The van der Waals surface area contributed by atoms with Gasteiger partial charge in [0.05, 0.1) is 23.5 Å². The molecule has 2 rings (SSSR count). The standard InChI is InChI=1S/C13H15ClFN3/c14-12-3-1-4-13(15)11(12)9-16-5-2-7-18-8-6-17-10-18/h1,3-4,6,8,10,16H,2,5,7,9H2/p+1. The molecule has 0 saturated carbocycles. The van der Waals surface area contributed by atoms with Crippen LogP contribution >= 0.6 is 11.6 Å². The maximum atomic E-state index is 13.5. The van der Waals surface area contributed by atoms with Gasteiger partial charge >= 0.3 is 0 Å². The lowest BCUT2D eigenvalue weighted by Gasteiger charge is -2.05. The Hall–Kier alpha value is -1.39. The lowest BCUT2D eigenvalue weighted by Crippen LogP contribution is -2.82. The van der Waals surface area contributed by atoms with Gasteiger partial charge in [0.1, 0.15) is 12.4 Å². The molecule has 0 aliphatic heterocycles. The molecule has 2 aromatic rings. The van der Waals surface area contributed by atoms with Gasteiger partial charge < -0.3 is 9.88 Å². The molecule has 18 heavy (non-hydrogen) atoms. The molecule has 3 nitrogen and oxygen atoms in total. The summed E-state index contributed by atoms with van der Waals surface area (Å²) in [5.74, 6) is -0.228. The molecular weight excluding hydrogens is 253 g/mol. The summed E-state index contributed by atoms with van der Waals surface area (Å²) in [6, 6.07) is 4.79. The smallest absolute Gasteiger partial charge is 0.133 e. The molecule has 0 unspecified atom stereocenters. The first-order valence-electron chi connectivity index (χ1n) is 5.97. The van der Waals surface area contributed by atoms with Gasteiger partial charge in [0, 0.05) is 25.4 Å². The van der Waals surface area contributed by atoms with E-state index in [1.165, 1.54) is 6.07 Å². The van der Waals surface area contributed by atoms with Crippen molar-refractivity contribution in [3.05, 3.63) is 53.3 Å². The highest BCUT2D eigenvalue weighted by Gasteiger charge is 2.07. The summed E-state index contributed by atoms with van der Waals surface area (Å²) < 4.78 is 15.5. The van der Waals surface area contributed by atoms with E-state index < -0.39 is 0 Å². The van der Waals surface area contributed by atoms with Gasteiger partial charge in [0.2, 0.25) is 0 Å². The van der Waals surface area contributed by atoms with Crippen LogP contribution in [0.1, 0.15) is 12.0 Å². The number of nitrogens with two attached hydrogens (primary N) is 1. The number of hydrogen-bond donors (Lipinski definition) is 1. The number of hydrogen-bond acceptors (Lipinski definition) is 1. The molecule has 0 aliphatic carbocycles. The Morgan fingerprint density at radius 1 is 1.39 bits per heavy atom. The second-order valence-electron chi connectivity index (χ2n) is 4.14. The Kier molecular flexibility index (Phi) is 4.73. The first-order chi connectivity index (χ1) is 8.77. The first kappa shape index (κ1) is 13.1. The zero-order valence-corrected chi connectivity index (χ0v) is 10.8. The number of rotatable bonds is 6. The highest BCUT2D eigenvalue weighted by Crippen LogP contribution is 2.17. The number of halogens is 2. The number of benzene rings is 1. The number of aromatic nitrogens is 2. The highest BCUT2D eigenvalue weighted by molar-refractivity contribution is 6.31. The second-order valence-corrected chi connectivity index (χ2v) is 4.54. The number of nitrogens with zero attached hydrogens (tertiary/aromatic N) is 2. The van der Waals surface area contributed by atoms with Gasteiger partial charge in [-0.05, 0) is 12.1 Å². The van der Waals surface area contributed by atoms with Gasteiger partial charge in [0.25, 0.3) is 0 Å². The molecule has 0 amide bonds. The van der Waals surface area contributed by atoms with Gasteiger partial charge in [-0.25, -0.2) is 9.37 Å². The normalized spacial score (nSPS) is 10.8. The SMILES string of the molecule is Fc1cccc(Cl)c1C[NH2+]CCCn1ccnc1. The predicted octanol–water partition coefficient (Wildman–Crippen LogP) is 1.83. The van der Waals surface area contributed by atoms with E-state index in [4.69, 9.17) is 11.6 Å². The summed E-state index contributed by atoms with van der Waals surface area (Å²) in [5.41, 5.74) is 0.585. The average molecular weight is 269 g/mol.